The van der Waals surface area contributed by atoms with Crippen molar-refractivity contribution >= 4 is 51.9 Å². The minimum atomic E-state index is -4.52. The number of alkyl halides is 3. The van der Waals surface area contributed by atoms with E-state index in [4.69, 9.17) is 12.2 Å². The Balaban J connectivity index is 1.77. The van der Waals surface area contributed by atoms with Gasteiger partial charge < -0.3 is 5.32 Å². The van der Waals surface area contributed by atoms with Gasteiger partial charge in [-0.1, -0.05) is 55.5 Å². The molecule has 0 aliphatic carbocycles. The zero-order valence-electron chi connectivity index (χ0n) is 16.5. The van der Waals surface area contributed by atoms with E-state index in [2.05, 4.69) is 5.32 Å². The van der Waals surface area contributed by atoms with Crippen molar-refractivity contribution in [2.24, 2.45) is 0 Å². The quantitative estimate of drug-likeness (QED) is 0.341. The lowest BCUT2D eigenvalue weighted by Gasteiger charge is -2.16. The molecule has 0 radical (unpaired) electrons. The Morgan fingerprint density at radius 2 is 1.90 bits per heavy atom. The van der Waals surface area contributed by atoms with E-state index < -0.39 is 17.6 Å². The molecule has 9 heteroatoms. The summed E-state index contributed by atoms with van der Waals surface area (Å²) in [6, 6.07) is 11.2. The number of thioether (sulfide) groups is 1. The van der Waals surface area contributed by atoms with Crippen molar-refractivity contribution in [1.82, 2.24) is 5.32 Å². The summed E-state index contributed by atoms with van der Waals surface area (Å²) in [6.45, 7) is 2.64. The van der Waals surface area contributed by atoms with Gasteiger partial charge in [-0.3, -0.25) is 14.5 Å². The zero-order chi connectivity index (χ0) is 22.6. The van der Waals surface area contributed by atoms with Crippen LogP contribution < -0.4 is 10.2 Å². The average molecular weight is 465 g/mol. The third kappa shape index (κ3) is 5.54. The highest BCUT2D eigenvalue weighted by Gasteiger charge is 2.36. The van der Waals surface area contributed by atoms with E-state index in [-0.39, 0.29) is 15.9 Å². The topological polar surface area (TPSA) is 49.4 Å². The normalized spacial score (nSPS) is 15.6. The molecule has 1 N–H and O–H groups in total. The molecule has 0 saturated carbocycles. The van der Waals surface area contributed by atoms with Crippen LogP contribution in [0.2, 0.25) is 0 Å². The van der Waals surface area contributed by atoms with E-state index in [0.717, 1.165) is 41.6 Å². The van der Waals surface area contributed by atoms with Crippen LogP contribution in [-0.4, -0.2) is 22.7 Å². The van der Waals surface area contributed by atoms with Gasteiger partial charge in [0, 0.05) is 12.1 Å². The first-order chi connectivity index (χ1) is 14.7. The Bertz CT molecular complexity index is 1030. The number of unbranched alkanes of at least 4 members (excludes halogenated alkanes) is 1. The second kappa shape index (κ2) is 9.65. The van der Waals surface area contributed by atoms with Crippen molar-refractivity contribution in [3.63, 3.8) is 0 Å². The van der Waals surface area contributed by atoms with Crippen LogP contribution in [0, 0.1) is 0 Å². The number of hydrogen-bond donors (Lipinski definition) is 1. The first kappa shape index (κ1) is 23.0. The van der Waals surface area contributed by atoms with Crippen molar-refractivity contribution in [2.75, 3.05) is 11.4 Å². The number of thiocarbonyl (C=S) groups is 1. The van der Waals surface area contributed by atoms with E-state index in [1.165, 1.54) is 12.1 Å². The lowest BCUT2D eigenvalue weighted by molar-refractivity contribution is -0.137. The molecule has 0 unspecified atom stereocenters. The van der Waals surface area contributed by atoms with Gasteiger partial charge in [-0.15, -0.1) is 0 Å². The van der Waals surface area contributed by atoms with Crippen LogP contribution in [0.4, 0.5) is 18.9 Å². The minimum Gasteiger partial charge on any atom is -0.352 e. The molecule has 4 nitrogen and oxygen atoms in total. The first-order valence-corrected chi connectivity index (χ1v) is 10.8. The number of nitrogens with one attached hydrogen (secondary N) is 1. The summed E-state index contributed by atoms with van der Waals surface area (Å²) in [4.78, 5) is 26.3. The molecule has 1 aliphatic rings. The third-order valence-electron chi connectivity index (χ3n) is 4.51. The maximum atomic E-state index is 13.0. The molecule has 2 aromatic rings. The molecule has 1 saturated heterocycles. The van der Waals surface area contributed by atoms with Crippen molar-refractivity contribution in [3.05, 3.63) is 70.1 Å². The molecule has 0 atom stereocenters. The number of amides is 2. The Kier molecular flexibility index (Phi) is 7.17. The summed E-state index contributed by atoms with van der Waals surface area (Å²) in [5.41, 5.74) is 0.398. The molecule has 2 aromatic carbocycles. The highest BCUT2D eigenvalue weighted by molar-refractivity contribution is 8.27. The van der Waals surface area contributed by atoms with Crippen molar-refractivity contribution in [2.45, 2.75) is 25.9 Å². The first-order valence-electron chi connectivity index (χ1n) is 9.54. The lowest BCUT2D eigenvalue weighted by Crippen LogP contribution is -2.27. The Morgan fingerprint density at radius 1 is 1.19 bits per heavy atom. The van der Waals surface area contributed by atoms with Crippen LogP contribution in [0.5, 0.6) is 0 Å². The molecule has 1 fully saturated rings. The fraction of sp³-hybridized carbons (Fsp3) is 0.227. The summed E-state index contributed by atoms with van der Waals surface area (Å²) in [5, 5.41) is 2.83. The van der Waals surface area contributed by atoms with Gasteiger partial charge in [-0.05, 0) is 48.4 Å². The van der Waals surface area contributed by atoms with Crippen LogP contribution in [0.15, 0.2) is 53.4 Å². The van der Waals surface area contributed by atoms with Crippen molar-refractivity contribution < 1.29 is 22.8 Å². The Morgan fingerprint density at radius 3 is 2.55 bits per heavy atom. The monoisotopic (exact) mass is 464 g/mol. The molecule has 1 aliphatic heterocycles. The van der Waals surface area contributed by atoms with Gasteiger partial charge in [0.25, 0.3) is 11.8 Å². The predicted molar refractivity (Wildman–Crippen MR) is 121 cm³/mol. The second-order valence-corrected chi connectivity index (χ2v) is 8.47. The predicted octanol–water partition coefficient (Wildman–Crippen LogP) is 5.64. The number of hydrogen-bond acceptors (Lipinski definition) is 4. The molecule has 162 valence electrons. The number of nitrogens with zero attached hydrogens (tertiary/aromatic N) is 1. The summed E-state index contributed by atoms with van der Waals surface area (Å²) >= 11 is 6.25. The smallest absolute Gasteiger partial charge is 0.352 e. The number of carbonyl (C=O) groups is 2. The van der Waals surface area contributed by atoms with Gasteiger partial charge in [0.2, 0.25) is 0 Å². The number of benzene rings is 2. The Hall–Kier alpha value is -2.65. The highest BCUT2D eigenvalue weighted by Crippen LogP contribution is 2.38. The van der Waals surface area contributed by atoms with Crippen LogP contribution in [0.3, 0.4) is 0 Å². The number of rotatable bonds is 6. The third-order valence-corrected chi connectivity index (χ3v) is 5.81. The van der Waals surface area contributed by atoms with Crippen LogP contribution >= 0.6 is 24.0 Å². The fourth-order valence-electron chi connectivity index (χ4n) is 2.87. The van der Waals surface area contributed by atoms with Crippen molar-refractivity contribution in [3.8, 4) is 0 Å². The molecular weight excluding hydrogens is 445 g/mol. The van der Waals surface area contributed by atoms with Gasteiger partial charge in [0.1, 0.15) is 0 Å². The number of carbonyl (C=O) groups excluding carboxylic acids is 2. The average Bonchev–Trinajstić information content (AvgIpc) is 3.01. The summed E-state index contributed by atoms with van der Waals surface area (Å²) < 4.78 is 39.2. The van der Waals surface area contributed by atoms with E-state index in [1.807, 2.05) is 6.92 Å². The molecule has 31 heavy (non-hydrogen) atoms. The highest BCUT2D eigenvalue weighted by atomic mass is 32.2. The van der Waals surface area contributed by atoms with Crippen molar-refractivity contribution in [1.29, 1.82) is 0 Å². The van der Waals surface area contributed by atoms with Gasteiger partial charge in [0.15, 0.2) is 4.32 Å². The lowest BCUT2D eigenvalue weighted by atomic mass is 10.1. The largest absolute Gasteiger partial charge is 0.416 e. The van der Waals surface area contributed by atoms with Crippen LogP contribution in [0.25, 0.3) is 6.08 Å². The SMILES string of the molecule is CCCCNC(=O)c1ccc(/C=C2\SC(=S)N(c3cccc(C(F)(F)F)c3)C2=O)cc1. The standard InChI is InChI=1S/C22H19F3N2O2S2/c1-2-3-11-26-19(28)15-9-7-14(8-10-15)12-18-20(29)27(21(30)31-18)17-6-4-5-16(13-17)22(23,24)25/h4-10,12-13H,2-3,11H2,1H3,(H,26,28)/b18-12-. The molecule has 0 bridgehead atoms. The van der Waals surface area contributed by atoms with Gasteiger partial charge in [-0.2, -0.15) is 13.2 Å². The molecule has 0 aromatic heterocycles. The van der Waals surface area contributed by atoms with E-state index in [1.54, 1.807) is 30.3 Å². The maximum Gasteiger partial charge on any atom is 0.416 e. The fourth-order valence-corrected chi connectivity index (χ4v) is 4.17. The summed E-state index contributed by atoms with van der Waals surface area (Å²) in [5.74, 6) is -0.661. The minimum absolute atomic E-state index is 0.0693. The number of halogens is 3. The van der Waals surface area contributed by atoms with Crippen LogP contribution in [0.1, 0.15) is 41.3 Å². The molecule has 0 spiro atoms. The summed E-state index contributed by atoms with van der Waals surface area (Å²) in [7, 11) is 0. The van der Waals surface area contributed by atoms with E-state index in [9.17, 15) is 22.8 Å². The van der Waals surface area contributed by atoms with Gasteiger partial charge >= 0.3 is 6.18 Å². The van der Waals surface area contributed by atoms with Gasteiger partial charge in [-0.25, -0.2) is 0 Å². The molecule has 1 heterocycles. The van der Waals surface area contributed by atoms with Gasteiger partial charge in [0.05, 0.1) is 16.2 Å². The summed E-state index contributed by atoms with van der Waals surface area (Å²) in [6.07, 6.45) is -1.03. The van der Waals surface area contributed by atoms with E-state index >= 15 is 0 Å². The maximum absolute atomic E-state index is 13.0. The van der Waals surface area contributed by atoms with Crippen LogP contribution in [-0.2, 0) is 11.0 Å². The molecular formula is C22H19F3N2O2S2. The van der Waals surface area contributed by atoms with E-state index in [0.29, 0.717) is 22.6 Å². The molecule has 3 rings (SSSR count). The second-order valence-electron chi connectivity index (χ2n) is 6.80. The molecule has 2 amide bonds. The Labute approximate surface area is 187 Å². The zero-order valence-corrected chi connectivity index (χ0v) is 18.2. The number of anilines is 1.